The first kappa shape index (κ1) is 12.6. The van der Waals surface area contributed by atoms with Crippen molar-refractivity contribution in [2.45, 2.75) is 38.3 Å². The Labute approximate surface area is 102 Å². The fraction of sp³-hybridized carbons (Fsp3) is 0.667. The van der Waals surface area contributed by atoms with Crippen molar-refractivity contribution in [1.82, 2.24) is 5.32 Å². The first-order valence-electron chi connectivity index (χ1n) is 6.04. The maximum atomic E-state index is 11.3. The molecule has 96 valence electrons. The minimum Gasteiger partial charge on any atom is -0.469 e. The molecule has 17 heavy (non-hydrogen) atoms. The van der Waals surface area contributed by atoms with Gasteiger partial charge in [0.25, 0.3) is 0 Å². The lowest BCUT2D eigenvalue weighted by Gasteiger charge is -2.26. The molecule has 5 heteroatoms. The third-order valence-electron chi connectivity index (χ3n) is 3.16. The van der Waals surface area contributed by atoms with Crippen molar-refractivity contribution < 1.29 is 12.8 Å². The van der Waals surface area contributed by atoms with E-state index in [1.165, 1.54) is 0 Å². The van der Waals surface area contributed by atoms with Gasteiger partial charge in [0.15, 0.2) is 0 Å². The van der Waals surface area contributed by atoms with Crippen LogP contribution in [0.5, 0.6) is 0 Å². The monoisotopic (exact) mass is 257 g/mol. The van der Waals surface area contributed by atoms with Crippen LogP contribution in [0.3, 0.4) is 0 Å². The third kappa shape index (κ3) is 3.85. The van der Waals surface area contributed by atoms with Crippen molar-refractivity contribution in [2.75, 3.05) is 11.5 Å². The second-order valence-electron chi connectivity index (χ2n) is 4.78. The number of sulfone groups is 1. The van der Waals surface area contributed by atoms with Crippen molar-refractivity contribution in [1.29, 1.82) is 0 Å². The van der Waals surface area contributed by atoms with E-state index < -0.39 is 9.84 Å². The van der Waals surface area contributed by atoms with E-state index in [9.17, 15) is 8.42 Å². The summed E-state index contributed by atoms with van der Waals surface area (Å²) in [5.41, 5.74) is 0. The Morgan fingerprint density at radius 1 is 1.47 bits per heavy atom. The second kappa shape index (κ2) is 5.23. The molecule has 1 saturated heterocycles. The maximum Gasteiger partial charge on any atom is 0.150 e. The number of hydrogen-bond acceptors (Lipinski definition) is 4. The topological polar surface area (TPSA) is 59.3 Å². The summed E-state index contributed by atoms with van der Waals surface area (Å²) in [6, 6.07) is 4.48. The van der Waals surface area contributed by atoms with Crippen LogP contribution in [0.2, 0.25) is 0 Å². The zero-order chi connectivity index (χ0) is 12.3. The molecule has 1 fully saturated rings. The molecule has 0 saturated carbocycles. The molecule has 1 atom stereocenters. The van der Waals surface area contributed by atoms with Crippen molar-refractivity contribution in [3.63, 3.8) is 0 Å². The van der Waals surface area contributed by atoms with E-state index in [-0.39, 0.29) is 0 Å². The van der Waals surface area contributed by atoms with Crippen molar-refractivity contribution in [3.05, 3.63) is 24.2 Å². The van der Waals surface area contributed by atoms with E-state index in [0.29, 0.717) is 23.6 Å². The van der Waals surface area contributed by atoms with Crippen LogP contribution in [0.4, 0.5) is 0 Å². The minimum atomic E-state index is -2.76. The van der Waals surface area contributed by atoms with Gasteiger partial charge in [0.05, 0.1) is 17.8 Å². The minimum absolute atomic E-state index is 0.312. The van der Waals surface area contributed by atoms with Crippen LogP contribution in [-0.4, -0.2) is 32.0 Å². The van der Waals surface area contributed by atoms with Crippen molar-refractivity contribution in [2.24, 2.45) is 0 Å². The summed E-state index contributed by atoms with van der Waals surface area (Å²) < 4.78 is 27.9. The van der Waals surface area contributed by atoms with Gasteiger partial charge in [-0.15, -0.1) is 0 Å². The van der Waals surface area contributed by atoms with Gasteiger partial charge < -0.3 is 9.73 Å². The van der Waals surface area contributed by atoms with Gasteiger partial charge in [-0.3, -0.25) is 0 Å². The summed E-state index contributed by atoms with van der Waals surface area (Å²) >= 11 is 0. The van der Waals surface area contributed by atoms with Crippen LogP contribution in [0.1, 0.15) is 25.5 Å². The van der Waals surface area contributed by atoms with E-state index >= 15 is 0 Å². The molecule has 2 rings (SSSR count). The molecule has 1 aromatic rings. The highest BCUT2D eigenvalue weighted by Crippen LogP contribution is 2.13. The van der Waals surface area contributed by atoms with Crippen LogP contribution in [-0.2, 0) is 16.3 Å². The van der Waals surface area contributed by atoms with Crippen molar-refractivity contribution in [3.8, 4) is 0 Å². The van der Waals surface area contributed by atoms with E-state index in [0.717, 1.165) is 25.0 Å². The number of nitrogens with one attached hydrogen (secondary N) is 1. The maximum absolute atomic E-state index is 11.3. The summed E-state index contributed by atoms with van der Waals surface area (Å²) in [6.45, 7) is 2.10. The van der Waals surface area contributed by atoms with Gasteiger partial charge in [-0.25, -0.2) is 8.42 Å². The van der Waals surface area contributed by atoms with Crippen LogP contribution in [0.15, 0.2) is 22.8 Å². The first-order valence-corrected chi connectivity index (χ1v) is 7.86. The standard InChI is InChI=1S/C12H19NO3S/c1-10(9-12-3-2-6-16-12)13-11-4-7-17(14,15)8-5-11/h2-3,6,10-11,13H,4-5,7-9H2,1H3. The van der Waals surface area contributed by atoms with Gasteiger partial charge in [0, 0.05) is 18.5 Å². The highest BCUT2D eigenvalue weighted by molar-refractivity contribution is 7.91. The SMILES string of the molecule is CC(Cc1ccco1)NC1CCS(=O)(=O)CC1. The highest BCUT2D eigenvalue weighted by atomic mass is 32.2. The van der Waals surface area contributed by atoms with Crippen molar-refractivity contribution >= 4 is 9.84 Å². The molecule has 1 aliphatic heterocycles. The summed E-state index contributed by atoms with van der Waals surface area (Å²) in [6.07, 6.45) is 3.97. The second-order valence-corrected chi connectivity index (χ2v) is 7.08. The Hall–Kier alpha value is -0.810. The number of furan rings is 1. The Bertz CT molecular complexity index is 424. The molecule has 0 spiro atoms. The summed E-state index contributed by atoms with van der Waals surface area (Å²) in [5, 5.41) is 3.47. The molecular weight excluding hydrogens is 238 g/mol. The normalized spacial score (nSPS) is 22.4. The number of rotatable bonds is 4. The molecule has 0 aromatic carbocycles. The molecule has 1 unspecified atom stereocenters. The molecule has 0 amide bonds. The lowest BCUT2D eigenvalue weighted by atomic mass is 10.1. The van der Waals surface area contributed by atoms with Gasteiger partial charge in [-0.05, 0) is 31.9 Å². The van der Waals surface area contributed by atoms with E-state index in [1.54, 1.807) is 6.26 Å². The third-order valence-corrected chi connectivity index (χ3v) is 4.88. The average Bonchev–Trinajstić information content (AvgIpc) is 2.74. The van der Waals surface area contributed by atoms with Gasteiger partial charge in [-0.2, -0.15) is 0 Å². The molecule has 1 aliphatic rings. The van der Waals surface area contributed by atoms with Gasteiger partial charge in [0.1, 0.15) is 15.6 Å². The molecule has 0 bridgehead atoms. The van der Waals surface area contributed by atoms with E-state index in [1.807, 2.05) is 12.1 Å². The molecular formula is C12H19NO3S. The molecule has 1 aromatic heterocycles. The Balaban J connectivity index is 1.78. The fourth-order valence-electron chi connectivity index (χ4n) is 2.25. The zero-order valence-electron chi connectivity index (χ0n) is 10.1. The Morgan fingerprint density at radius 2 is 2.18 bits per heavy atom. The van der Waals surface area contributed by atoms with Crippen LogP contribution >= 0.6 is 0 Å². The van der Waals surface area contributed by atoms with Gasteiger partial charge >= 0.3 is 0 Å². The lowest BCUT2D eigenvalue weighted by molar-refractivity contribution is 0.390. The van der Waals surface area contributed by atoms with Gasteiger partial charge in [-0.1, -0.05) is 0 Å². The summed E-state index contributed by atoms with van der Waals surface area (Å²) in [4.78, 5) is 0. The predicted molar refractivity (Wildman–Crippen MR) is 66.7 cm³/mol. The van der Waals surface area contributed by atoms with Crippen LogP contribution < -0.4 is 5.32 Å². The first-order chi connectivity index (χ1) is 8.05. The fourth-order valence-corrected chi connectivity index (χ4v) is 3.74. The predicted octanol–water partition coefficient (Wildman–Crippen LogP) is 1.38. The molecule has 0 radical (unpaired) electrons. The Kier molecular flexibility index (Phi) is 3.89. The summed E-state index contributed by atoms with van der Waals surface area (Å²) in [7, 11) is -2.76. The number of hydrogen-bond donors (Lipinski definition) is 1. The molecule has 0 aliphatic carbocycles. The van der Waals surface area contributed by atoms with E-state index in [4.69, 9.17) is 4.42 Å². The highest BCUT2D eigenvalue weighted by Gasteiger charge is 2.24. The van der Waals surface area contributed by atoms with E-state index in [2.05, 4.69) is 12.2 Å². The quantitative estimate of drug-likeness (QED) is 0.885. The van der Waals surface area contributed by atoms with Gasteiger partial charge in [0.2, 0.25) is 0 Å². The molecule has 2 heterocycles. The molecule has 1 N–H and O–H groups in total. The average molecular weight is 257 g/mol. The van der Waals surface area contributed by atoms with Crippen LogP contribution in [0.25, 0.3) is 0 Å². The smallest absolute Gasteiger partial charge is 0.150 e. The lowest BCUT2D eigenvalue weighted by Crippen LogP contribution is -2.42. The summed E-state index contributed by atoms with van der Waals surface area (Å²) in [5.74, 6) is 1.60. The molecule has 4 nitrogen and oxygen atoms in total. The largest absolute Gasteiger partial charge is 0.469 e. The zero-order valence-corrected chi connectivity index (χ0v) is 10.9. The Morgan fingerprint density at radius 3 is 2.76 bits per heavy atom. The van der Waals surface area contributed by atoms with Crippen LogP contribution in [0, 0.1) is 0 Å².